The van der Waals surface area contributed by atoms with Crippen LogP contribution in [-0.4, -0.2) is 58.8 Å². The first-order valence-corrected chi connectivity index (χ1v) is 9.34. The van der Waals surface area contributed by atoms with Gasteiger partial charge in [-0.2, -0.15) is 0 Å². The molecule has 1 aromatic heterocycles. The number of hydrogen-bond acceptors (Lipinski definition) is 5. The molecule has 2 aromatic rings. The van der Waals surface area contributed by atoms with Crippen molar-refractivity contribution in [1.82, 2.24) is 14.8 Å². The summed E-state index contributed by atoms with van der Waals surface area (Å²) in [5, 5.41) is 0. The van der Waals surface area contributed by atoms with E-state index in [1.165, 1.54) is 24.3 Å². The van der Waals surface area contributed by atoms with Gasteiger partial charge in [-0.25, -0.2) is 4.39 Å². The Labute approximate surface area is 167 Å². The van der Waals surface area contributed by atoms with Crippen LogP contribution in [0.5, 0.6) is 0 Å². The SMILES string of the molecule is COC(=O)[C@H]1C[C@H]2CN(C(=O)c3ccncc3F)CC(=O)N2[C@H]1c1ccccc1. The summed E-state index contributed by atoms with van der Waals surface area (Å²) < 4.78 is 19.0. The molecular formula is C21H20FN3O4. The van der Waals surface area contributed by atoms with E-state index in [4.69, 9.17) is 4.74 Å². The molecule has 150 valence electrons. The molecule has 4 rings (SSSR count). The van der Waals surface area contributed by atoms with Crippen LogP contribution in [0.3, 0.4) is 0 Å². The predicted octanol–water partition coefficient (Wildman–Crippen LogP) is 1.81. The van der Waals surface area contributed by atoms with Crippen LogP contribution < -0.4 is 0 Å². The first-order chi connectivity index (χ1) is 14.0. The summed E-state index contributed by atoms with van der Waals surface area (Å²) in [5.41, 5.74) is 0.724. The van der Waals surface area contributed by atoms with Crippen molar-refractivity contribution in [3.63, 3.8) is 0 Å². The van der Waals surface area contributed by atoms with Gasteiger partial charge < -0.3 is 14.5 Å². The van der Waals surface area contributed by atoms with E-state index in [1.54, 1.807) is 4.90 Å². The van der Waals surface area contributed by atoms with Crippen LogP contribution in [0.1, 0.15) is 28.4 Å². The number of fused-ring (bicyclic) bond motifs is 1. The van der Waals surface area contributed by atoms with Crippen LogP contribution in [0, 0.1) is 11.7 Å². The molecule has 0 aliphatic carbocycles. The molecule has 3 heterocycles. The number of hydrogen-bond donors (Lipinski definition) is 0. The summed E-state index contributed by atoms with van der Waals surface area (Å²) >= 11 is 0. The smallest absolute Gasteiger partial charge is 0.311 e. The van der Waals surface area contributed by atoms with Gasteiger partial charge in [0, 0.05) is 12.7 Å². The van der Waals surface area contributed by atoms with Crippen molar-refractivity contribution < 1.29 is 23.5 Å². The highest BCUT2D eigenvalue weighted by Crippen LogP contribution is 2.43. The van der Waals surface area contributed by atoms with Crippen LogP contribution >= 0.6 is 0 Å². The van der Waals surface area contributed by atoms with Gasteiger partial charge in [0.15, 0.2) is 5.82 Å². The molecule has 2 saturated heterocycles. The standard InChI is InChI=1S/C21H20FN3O4/c1-29-21(28)16-9-14-11-24(20(27)15-7-8-23-10-17(15)22)12-18(26)25(14)19(16)13-5-3-2-4-6-13/h2-8,10,14,16,19H,9,11-12H2,1H3/t14-,16-,19-/m0/s1. The van der Waals surface area contributed by atoms with Gasteiger partial charge in [0.25, 0.3) is 5.91 Å². The third kappa shape index (κ3) is 3.35. The molecule has 2 aliphatic rings. The van der Waals surface area contributed by atoms with E-state index in [2.05, 4.69) is 4.98 Å². The van der Waals surface area contributed by atoms with Gasteiger partial charge in [-0.05, 0) is 18.1 Å². The van der Waals surface area contributed by atoms with Crippen molar-refractivity contribution in [3.05, 3.63) is 65.7 Å². The monoisotopic (exact) mass is 397 g/mol. The third-order valence-corrected chi connectivity index (χ3v) is 5.58. The largest absolute Gasteiger partial charge is 0.469 e. The van der Waals surface area contributed by atoms with Crippen molar-refractivity contribution in [2.75, 3.05) is 20.2 Å². The Kier molecular flexibility index (Phi) is 5.00. The molecule has 1 aromatic carbocycles. The van der Waals surface area contributed by atoms with Gasteiger partial charge >= 0.3 is 5.97 Å². The number of aromatic nitrogens is 1. The zero-order chi connectivity index (χ0) is 20.5. The molecule has 2 fully saturated rings. The van der Waals surface area contributed by atoms with Crippen molar-refractivity contribution >= 4 is 17.8 Å². The summed E-state index contributed by atoms with van der Waals surface area (Å²) in [6.45, 7) is 0.0531. The van der Waals surface area contributed by atoms with Crippen LogP contribution in [0.2, 0.25) is 0 Å². The van der Waals surface area contributed by atoms with E-state index < -0.39 is 23.7 Å². The topological polar surface area (TPSA) is 79.8 Å². The number of methoxy groups -OCH3 is 1. The predicted molar refractivity (Wildman–Crippen MR) is 100 cm³/mol. The highest BCUT2D eigenvalue weighted by atomic mass is 19.1. The maximum absolute atomic E-state index is 14.0. The van der Waals surface area contributed by atoms with Crippen molar-refractivity contribution in [2.24, 2.45) is 5.92 Å². The molecular weight excluding hydrogens is 377 g/mol. The molecule has 2 aliphatic heterocycles. The van der Waals surface area contributed by atoms with Crippen LogP contribution in [0.15, 0.2) is 48.8 Å². The normalized spacial score (nSPS) is 23.7. The third-order valence-electron chi connectivity index (χ3n) is 5.58. The van der Waals surface area contributed by atoms with Crippen LogP contribution in [0.25, 0.3) is 0 Å². The zero-order valence-electron chi connectivity index (χ0n) is 15.8. The number of halogens is 1. The number of amides is 2. The first-order valence-electron chi connectivity index (χ1n) is 9.34. The Morgan fingerprint density at radius 3 is 2.66 bits per heavy atom. The summed E-state index contributed by atoms with van der Waals surface area (Å²) in [5.74, 6) is -2.48. The van der Waals surface area contributed by atoms with Crippen LogP contribution in [0.4, 0.5) is 4.39 Å². The second-order valence-corrected chi connectivity index (χ2v) is 7.22. The molecule has 0 unspecified atom stereocenters. The number of pyridine rings is 1. The Morgan fingerprint density at radius 2 is 1.97 bits per heavy atom. The van der Waals surface area contributed by atoms with Gasteiger partial charge in [0.05, 0.1) is 36.9 Å². The lowest BCUT2D eigenvalue weighted by Gasteiger charge is -2.40. The minimum absolute atomic E-state index is 0.122. The van der Waals surface area contributed by atoms with Crippen molar-refractivity contribution in [2.45, 2.75) is 18.5 Å². The number of carbonyl (C=O) groups excluding carboxylic acids is 3. The molecule has 3 atom stereocenters. The maximum atomic E-state index is 14.0. The van der Waals surface area contributed by atoms with E-state index >= 15 is 0 Å². The van der Waals surface area contributed by atoms with Gasteiger partial charge in [-0.15, -0.1) is 0 Å². The Bertz CT molecular complexity index is 952. The molecule has 0 N–H and O–H groups in total. The fourth-order valence-electron chi connectivity index (χ4n) is 4.34. The fraction of sp³-hybridized carbons (Fsp3) is 0.333. The minimum Gasteiger partial charge on any atom is -0.469 e. The highest BCUT2D eigenvalue weighted by molar-refractivity contribution is 5.97. The van der Waals surface area contributed by atoms with E-state index in [1.807, 2.05) is 30.3 Å². The Hall–Kier alpha value is -3.29. The Morgan fingerprint density at radius 1 is 1.21 bits per heavy atom. The van der Waals surface area contributed by atoms with Gasteiger partial charge in [0.1, 0.15) is 6.54 Å². The zero-order valence-corrected chi connectivity index (χ0v) is 15.8. The average Bonchev–Trinajstić information content (AvgIpc) is 3.14. The molecule has 0 radical (unpaired) electrons. The molecule has 0 saturated carbocycles. The van der Waals surface area contributed by atoms with Gasteiger partial charge in [-0.3, -0.25) is 19.4 Å². The van der Waals surface area contributed by atoms with E-state index in [-0.39, 0.29) is 36.6 Å². The number of nitrogens with zero attached hydrogens (tertiary/aromatic N) is 3. The fourth-order valence-corrected chi connectivity index (χ4v) is 4.34. The Balaban J connectivity index is 1.64. The maximum Gasteiger partial charge on any atom is 0.311 e. The van der Waals surface area contributed by atoms with Gasteiger partial charge in [0.2, 0.25) is 5.91 Å². The lowest BCUT2D eigenvalue weighted by atomic mass is 9.93. The lowest BCUT2D eigenvalue weighted by Crippen LogP contribution is -2.56. The second-order valence-electron chi connectivity index (χ2n) is 7.22. The number of esters is 1. The average molecular weight is 397 g/mol. The molecule has 29 heavy (non-hydrogen) atoms. The van der Waals surface area contributed by atoms with Crippen LogP contribution in [-0.2, 0) is 14.3 Å². The number of ether oxygens (including phenoxy) is 1. The lowest BCUT2D eigenvalue weighted by molar-refractivity contribution is -0.147. The number of rotatable bonds is 3. The number of piperazine rings is 1. The van der Waals surface area contributed by atoms with E-state index in [9.17, 15) is 18.8 Å². The molecule has 0 bridgehead atoms. The summed E-state index contributed by atoms with van der Waals surface area (Å²) in [4.78, 5) is 44.9. The molecule has 0 spiro atoms. The number of benzene rings is 1. The summed E-state index contributed by atoms with van der Waals surface area (Å²) in [6.07, 6.45) is 2.68. The summed E-state index contributed by atoms with van der Waals surface area (Å²) in [7, 11) is 1.32. The van der Waals surface area contributed by atoms with E-state index in [0.29, 0.717) is 6.42 Å². The molecule has 7 nitrogen and oxygen atoms in total. The quantitative estimate of drug-likeness (QED) is 0.738. The second kappa shape index (κ2) is 7.62. The molecule has 2 amide bonds. The van der Waals surface area contributed by atoms with Gasteiger partial charge in [-0.1, -0.05) is 30.3 Å². The minimum atomic E-state index is -0.728. The number of carbonyl (C=O) groups is 3. The van der Waals surface area contributed by atoms with Crippen molar-refractivity contribution in [3.8, 4) is 0 Å². The highest BCUT2D eigenvalue weighted by Gasteiger charge is 2.51. The molecule has 8 heteroatoms. The van der Waals surface area contributed by atoms with Crippen molar-refractivity contribution in [1.29, 1.82) is 0 Å². The first kappa shape index (κ1) is 19.0. The summed E-state index contributed by atoms with van der Waals surface area (Å²) in [6, 6.07) is 9.83. The van der Waals surface area contributed by atoms with E-state index in [0.717, 1.165) is 11.8 Å².